The van der Waals surface area contributed by atoms with Crippen molar-refractivity contribution in [1.82, 2.24) is 15.0 Å². The SMILES string of the molecule is c1ccc(-c2nc(-c3ccccc3)nc(-c3ccc4c(c3)oc3cccc(-c5ccc6c(c5)-c5ccccc5C6)c34)n2)cc1. The first kappa shape index (κ1) is 24.7. The molecule has 0 radical (unpaired) electrons. The van der Waals surface area contributed by atoms with Gasteiger partial charge in [-0.15, -0.1) is 0 Å². The number of hydrogen-bond donors (Lipinski definition) is 0. The van der Waals surface area contributed by atoms with Gasteiger partial charge in [0.2, 0.25) is 0 Å². The Kier molecular flexibility index (Phi) is 5.53. The van der Waals surface area contributed by atoms with Crippen molar-refractivity contribution in [2.24, 2.45) is 0 Å². The Balaban J connectivity index is 1.19. The minimum Gasteiger partial charge on any atom is -0.456 e. The van der Waals surface area contributed by atoms with Gasteiger partial charge in [0.15, 0.2) is 17.5 Å². The molecule has 8 aromatic rings. The molecule has 4 nitrogen and oxygen atoms in total. The highest BCUT2D eigenvalue weighted by Gasteiger charge is 2.20. The first-order valence-corrected chi connectivity index (χ1v) is 14.8. The highest BCUT2D eigenvalue weighted by Crippen LogP contribution is 2.42. The van der Waals surface area contributed by atoms with Gasteiger partial charge in [0, 0.05) is 27.5 Å². The summed E-state index contributed by atoms with van der Waals surface area (Å²) in [4.78, 5) is 14.7. The standard InChI is InChI=1S/C40H25N3O/c1-3-10-25(11-4-1)38-41-39(26-12-5-2-6-13-26)43-40(42-38)30-20-21-33-36(24-30)44-35-17-9-16-32(37(33)35)29-19-18-28-22-27-14-7-8-15-31(27)34(28)23-29/h1-21,23-24H,22H2. The lowest BCUT2D eigenvalue weighted by molar-refractivity contribution is 0.669. The van der Waals surface area contributed by atoms with Crippen LogP contribution in [0.1, 0.15) is 11.1 Å². The Bertz CT molecular complexity index is 2300. The van der Waals surface area contributed by atoms with Crippen LogP contribution in [-0.2, 0) is 6.42 Å². The third-order valence-electron chi connectivity index (χ3n) is 8.56. The van der Waals surface area contributed by atoms with Gasteiger partial charge in [-0.2, -0.15) is 0 Å². The van der Waals surface area contributed by atoms with Gasteiger partial charge in [0.1, 0.15) is 11.2 Å². The van der Waals surface area contributed by atoms with Crippen LogP contribution in [0.25, 0.3) is 78.4 Å². The van der Waals surface area contributed by atoms with Gasteiger partial charge in [-0.1, -0.05) is 115 Å². The van der Waals surface area contributed by atoms with E-state index < -0.39 is 0 Å². The van der Waals surface area contributed by atoms with E-state index in [2.05, 4.69) is 72.8 Å². The zero-order valence-electron chi connectivity index (χ0n) is 23.7. The number of rotatable bonds is 4. The lowest BCUT2D eigenvalue weighted by Gasteiger charge is -2.09. The molecule has 0 spiro atoms. The van der Waals surface area contributed by atoms with E-state index >= 15 is 0 Å². The maximum Gasteiger partial charge on any atom is 0.164 e. The first-order valence-electron chi connectivity index (χ1n) is 14.8. The minimum atomic E-state index is 0.609. The molecule has 0 saturated heterocycles. The summed E-state index contributed by atoms with van der Waals surface area (Å²) in [6.07, 6.45) is 0.989. The van der Waals surface area contributed by atoms with Crippen LogP contribution in [-0.4, -0.2) is 15.0 Å². The van der Waals surface area contributed by atoms with Crippen molar-refractivity contribution in [3.05, 3.63) is 151 Å². The average molecular weight is 564 g/mol. The van der Waals surface area contributed by atoms with Crippen LogP contribution in [0.5, 0.6) is 0 Å². The highest BCUT2D eigenvalue weighted by molar-refractivity contribution is 6.13. The lowest BCUT2D eigenvalue weighted by Crippen LogP contribution is -2.00. The second kappa shape index (κ2) is 9.85. The second-order valence-corrected chi connectivity index (χ2v) is 11.2. The maximum atomic E-state index is 6.48. The van der Waals surface area contributed by atoms with Gasteiger partial charge in [-0.3, -0.25) is 0 Å². The monoisotopic (exact) mass is 563 g/mol. The summed E-state index contributed by atoms with van der Waals surface area (Å²) in [5, 5.41) is 2.19. The Morgan fingerprint density at radius 3 is 1.77 bits per heavy atom. The van der Waals surface area contributed by atoms with E-state index in [0.717, 1.165) is 45.0 Å². The van der Waals surface area contributed by atoms with Crippen LogP contribution >= 0.6 is 0 Å². The van der Waals surface area contributed by atoms with E-state index in [0.29, 0.717) is 17.5 Å². The predicted octanol–water partition coefficient (Wildman–Crippen LogP) is 10.0. The third kappa shape index (κ3) is 4.03. The van der Waals surface area contributed by atoms with Crippen molar-refractivity contribution in [2.45, 2.75) is 6.42 Å². The van der Waals surface area contributed by atoms with E-state index in [1.807, 2.05) is 66.7 Å². The fourth-order valence-corrected chi connectivity index (χ4v) is 6.43. The number of aromatic nitrogens is 3. The van der Waals surface area contributed by atoms with Crippen molar-refractivity contribution < 1.29 is 4.42 Å². The van der Waals surface area contributed by atoms with Crippen molar-refractivity contribution in [3.8, 4) is 56.4 Å². The van der Waals surface area contributed by atoms with Crippen molar-refractivity contribution in [3.63, 3.8) is 0 Å². The molecule has 0 N–H and O–H groups in total. The lowest BCUT2D eigenvalue weighted by atomic mass is 9.95. The van der Waals surface area contributed by atoms with E-state index in [-0.39, 0.29) is 0 Å². The molecule has 0 saturated carbocycles. The predicted molar refractivity (Wildman–Crippen MR) is 177 cm³/mol. The summed E-state index contributed by atoms with van der Waals surface area (Å²) in [5.74, 6) is 1.89. The average Bonchev–Trinajstić information content (AvgIpc) is 3.66. The molecule has 1 aliphatic rings. The summed E-state index contributed by atoms with van der Waals surface area (Å²) >= 11 is 0. The molecular weight excluding hydrogens is 538 g/mol. The second-order valence-electron chi connectivity index (χ2n) is 11.2. The largest absolute Gasteiger partial charge is 0.456 e. The van der Waals surface area contributed by atoms with Gasteiger partial charge in [0.25, 0.3) is 0 Å². The zero-order chi connectivity index (χ0) is 29.0. The Labute approximate surface area is 254 Å². The Morgan fingerprint density at radius 2 is 1.02 bits per heavy atom. The fraction of sp³-hybridized carbons (Fsp3) is 0.0250. The number of hydrogen-bond acceptors (Lipinski definition) is 4. The molecule has 0 unspecified atom stereocenters. The minimum absolute atomic E-state index is 0.609. The third-order valence-corrected chi connectivity index (χ3v) is 8.56. The van der Waals surface area contributed by atoms with Crippen LogP contribution in [0.3, 0.4) is 0 Å². The smallest absolute Gasteiger partial charge is 0.164 e. The quantitative estimate of drug-likeness (QED) is 0.214. The number of furan rings is 1. The van der Waals surface area contributed by atoms with Crippen molar-refractivity contribution >= 4 is 21.9 Å². The van der Waals surface area contributed by atoms with Crippen molar-refractivity contribution in [2.75, 3.05) is 0 Å². The van der Waals surface area contributed by atoms with Gasteiger partial charge < -0.3 is 4.42 Å². The number of fused-ring (bicyclic) bond motifs is 6. The molecule has 0 fully saturated rings. The molecule has 6 aromatic carbocycles. The zero-order valence-corrected chi connectivity index (χ0v) is 23.7. The summed E-state index contributed by atoms with van der Waals surface area (Å²) in [7, 11) is 0. The van der Waals surface area contributed by atoms with Gasteiger partial charge >= 0.3 is 0 Å². The maximum absolute atomic E-state index is 6.48. The molecule has 0 bridgehead atoms. The summed E-state index contributed by atoms with van der Waals surface area (Å²) in [6.45, 7) is 0. The van der Waals surface area contributed by atoms with Crippen LogP contribution in [0, 0.1) is 0 Å². The Hall–Kier alpha value is -5.87. The fourth-order valence-electron chi connectivity index (χ4n) is 6.43. The van der Waals surface area contributed by atoms with E-state index in [1.165, 1.54) is 33.4 Å². The molecule has 44 heavy (non-hydrogen) atoms. The number of nitrogens with zero attached hydrogens (tertiary/aromatic N) is 3. The Morgan fingerprint density at radius 1 is 0.409 bits per heavy atom. The van der Waals surface area contributed by atoms with Gasteiger partial charge in [-0.25, -0.2) is 15.0 Å². The van der Waals surface area contributed by atoms with Crippen molar-refractivity contribution in [1.29, 1.82) is 0 Å². The van der Waals surface area contributed by atoms with Crippen LogP contribution < -0.4 is 0 Å². The van der Waals surface area contributed by atoms with Gasteiger partial charge in [-0.05, 0) is 64.1 Å². The topological polar surface area (TPSA) is 51.8 Å². The highest BCUT2D eigenvalue weighted by atomic mass is 16.3. The first-order chi connectivity index (χ1) is 21.8. The van der Waals surface area contributed by atoms with E-state index in [1.54, 1.807) is 0 Å². The molecule has 4 heteroatoms. The van der Waals surface area contributed by atoms with Crippen LogP contribution in [0.15, 0.2) is 144 Å². The molecule has 1 aliphatic carbocycles. The van der Waals surface area contributed by atoms with E-state index in [4.69, 9.17) is 19.4 Å². The van der Waals surface area contributed by atoms with Crippen LogP contribution in [0.2, 0.25) is 0 Å². The summed E-state index contributed by atoms with van der Waals surface area (Å²) < 4.78 is 6.48. The van der Waals surface area contributed by atoms with E-state index in [9.17, 15) is 0 Å². The normalized spacial score (nSPS) is 12.0. The van der Waals surface area contributed by atoms with Crippen LogP contribution in [0.4, 0.5) is 0 Å². The molecule has 2 heterocycles. The molecule has 0 amide bonds. The van der Waals surface area contributed by atoms with Gasteiger partial charge in [0.05, 0.1) is 0 Å². The summed E-state index contributed by atoms with van der Waals surface area (Å²) in [5.41, 5.74) is 12.2. The molecule has 0 atom stereocenters. The molecule has 9 rings (SSSR count). The molecule has 2 aromatic heterocycles. The summed E-state index contributed by atoms with van der Waals surface area (Å²) in [6, 6.07) is 48.2. The molecule has 0 aliphatic heterocycles. The molecule has 206 valence electrons. The number of benzene rings is 6. The molecular formula is C40H25N3O.